The van der Waals surface area contributed by atoms with E-state index in [2.05, 4.69) is 10.6 Å². The molecule has 2 aromatic carbocycles. The maximum absolute atomic E-state index is 13.4. The van der Waals surface area contributed by atoms with Crippen LogP contribution < -0.4 is 10.6 Å². The van der Waals surface area contributed by atoms with Crippen LogP contribution in [0, 0.1) is 0 Å². The first kappa shape index (κ1) is 29.2. The van der Waals surface area contributed by atoms with Crippen molar-refractivity contribution in [3.8, 4) is 0 Å². The van der Waals surface area contributed by atoms with Crippen molar-refractivity contribution in [2.24, 2.45) is 0 Å². The highest BCUT2D eigenvalue weighted by molar-refractivity contribution is 7.98. The Morgan fingerprint density at radius 2 is 1.37 bits per heavy atom. The molecular weight excluding hydrogens is 506 g/mol. The molecule has 1 aliphatic heterocycles. The van der Waals surface area contributed by atoms with E-state index in [9.17, 15) is 19.2 Å². The zero-order chi connectivity index (χ0) is 27.5. The number of esters is 2. The summed E-state index contributed by atoms with van der Waals surface area (Å²) < 4.78 is 9.83. The number of amides is 2. The molecule has 1 heterocycles. The molecule has 0 bridgehead atoms. The van der Waals surface area contributed by atoms with Crippen molar-refractivity contribution in [3.63, 3.8) is 0 Å². The number of carbonyl (C=O) groups is 4. The van der Waals surface area contributed by atoms with E-state index < -0.39 is 36.1 Å². The van der Waals surface area contributed by atoms with Crippen LogP contribution in [0.4, 0.5) is 0 Å². The molecule has 0 radical (unpaired) electrons. The second-order valence-electron chi connectivity index (χ2n) is 9.06. The van der Waals surface area contributed by atoms with Crippen molar-refractivity contribution in [3.05, 3.63) is 71.8 Å². The molecule has 0 aromatic heterocycles. The lowest BCUT2D eigenvalue weighted by molar-refractivity contribution is -0.145. The fraction of sp³-hybridized carbons (Fsp3) is 0.429. The van der Waals surface area contributed by atoms with Crippen LogP contribution >= 0.6 is 11.8 Å². The molecule has 0 aliphatic carbocycles. The molecule has 0 spiro atoms. The van der Waals surface area contributed by atoms with E-state index in [-0.39, 0.29) is 11.8 Å². The number of nitrogens with one attached hydrogen (secondary N) is 2. The van der Waals surface area contributed by atoms with Crippen LogP contribution in [0.3, 0.4) is 0 Å². The minimum Gasteiger partial charge on any atom is -0.467 e. The molecule has 5 atom stereocenters. The fourth-order valence-electron chi connectivity index (χ4n) is 4.31. The van der Waals surface area contributed by atoms with E-state index in [1.807, 2.05) is 66.9 Å². The van der Waals surface area contributed by atoms with Crippen LogP contribution in [0.1, 0.15) is 17.5 Å². The highest BCUT2D eigenvalue weighted by atomic mass is 32.2. The zero-order valence-electron chi connectivity index (χ0n) is 21.9. The minimum absolute atomic E-state index is 0.290. The van der Waals surface area contributed by atoms with Gasteiger partial charge in [-0.25, -0.2) is 9.59 Å². The third kappa shape index (κ3) is 8.32. The fourth-order valence-corrected chi connectivity index (χ4v) is 4.77. The highest BCUT2D eigenvalue weighted by Crippen LogP contribution is 2.25. The largest absolute Gasteiger partial charge is 0.467 e. The smallest absolute Gasteiger partial charge is 0.328 e. The van der Waals surface area contributed by atoms with Gasteiger partial charge in [0.2, 0.25) is 11.8 Å². The van der Waals surface area contributed by atoms with Crippen LogP contribution in [-0.2, 0) is 41.5 Å². The molecule has 9 nitrogen and oxygen atoms in total. The number of methoxy groups -OCH3 is 2. The third-order valence-electron chi connectivity index (χ3n) is 6.42. The van der Waals surface area contributed by atoms with Gasteiger partial charge in [0.05, 0.1) is 20.3 Å². The number of hydrogen-bond donors (Lipinski definition) is 2. The van der Waals surface area contributed by atoms with Gasteiger partial charge in [-0.2, -0.15) is 11.8 Å². The standard InChI is InChI=1S/C28H35N3O6S/c1-36-27(34)21(16-19-10-6-4-7-11-19)29-25(32)23(14-15-38-3)31-18-24(31)26(33)30-22(28(35)37-2)17-20-12-8-5-9-13-20/h4-13,21-24H,14-18H2,1-3H3,(H,29,32)(H,30,33)/t21-,22-,23-,24?,31?/m0/s1. The Kier molecular flexibility index (Phi) is 11.2. The summed E-state index contributed by atoms with van der Waals surface area (Å²) in [7, 11) is 2.57. The number of nitrogens with zero attached hydrogens (tertiary/aromatic N) is 1. The molecular formula is C28H35N3O6S. The van der Waals surface area contributed by atoms with Gasteiger partial charge in [0.15, 0.2) is 0 Å². The van der Waals surface area contributed by atoms with Crippen LogP contribution in [0.5, 0.6) is 0 Å². The van der Waals surface area contributed by atoms with Gasteiger partial charge in [-0.15, -0.1) is 0 Å². The average Bonchev–Trinajstić information content (AvgIpc) is 3.73. The van der Waals surface area contributed by atoms with Crippen molar-refractivity contribution < 1.29 is 28.7 Å². The van der Waals surface area contributed by atoms with Crippen molar-refractivity contribution in [2.75, 3.05) is 32.8 Å². The summed E-state index contributed by atoms with van der Waals surface area (Å²) in [5.74, 6) is -1.05. The Balaban J connectivity index is 1.67. The minimum atomic E-state index is -0.853. The molecule has 2 amide bonds. The molecule has 38 heavy (non-hydrogen) atoms. The van der Waals surface area contributed by atoms with E-state index in [1.54, 1.807) is 16.7 Å². The van der Waals surface area contributed by atoms with Crippen molar-refractivity contribution in [1.29, 1.82) is 0 Å². The Morgan fingerprint density at radius 3 is 1.84 bits per heavy atom. The molecule has 1 saturated heterocycles. The van der Waals surface area contributed by atoms with Gasteiger partial charge in [-0.05, 0) is 29.6 Å². The maximum Gasteiger partial charge on any atom is 0.328 e. The summed E-state index contributed by atoms with van der Waals surface area (Å²) >= 11 is 1.59. The molecule has 1 fully saturated rings. The van der Waals surface area contributed by atoms with Gasteiger partial charge < -0.3 is 20.1 Å². The molecule has 1 aliphatic rings. The normalized spacial score (nSPS) is 18.4. The summed E-state index contributed by atoms with van der Waals surface area (Å²) in [6.45, 7) is 0.374. The second-order valence-corrected chi connectivity index (χ2v) is 10.0. The quantitative estimate of drug-likeness (QED) is 0.274. The summed E-state index contributed by atoms with van der Waals surface area (Å²) in [6.07, 6.45) is 3.03. The monoisotopic (exact) mass is 541 g/mol. The van der Waals surface area contributed by atoms with Gasteiger partial charge in [0.1, 0.15) is 18.1 Å². The van der Waals surface area contributed by atoms with Crippen LogP contribution in [0.25, 0.3) is 0 Å². The zero-order valence-corrected chi connectivity index (χ0v) is 22.7. The summed E-state index contributed by atoms with van der Waals surface area (Å²) in [4.78, 5) is 53.0. The van der Waals surface area contributed by atoms with Gasteiger partial charge in [-0.1, -0.05) is 60.7 Å². The lowest BCUT2D eigenvalue weighted by atomic mass is 10.1. The number of carbonyl (C=O) groups excluding carboxylic acids is 4. The van der Waals surface area contributed by atoms with Crippen LogP contribution in [-0.4, -0.2) is 85.6 Å². The number of benzene rings is 2. The predicted molar refractivity (Wildman–Crippen MR) is 145 cm³/mol. The number of hydrogen-bond acceptors (Lipinski definition) is 8. The van der Waals surface area contributed by atoms with Crippen molar-refractivity contribution in [2.45, 2.75) is 43.4 Å². The van der Waals surface area contributed by atoms with Crippen molar-refractivity contribution >= 4 is 35.5 Å². The highest BCUT2D eigenvalue weighted by Gasteiger charge is 2.48. The first-order valence-electron chi connectivity index (χ1n) is 12.5. The lowest BCUT2D eigenvalue weighted by Gasteiger charge is -2.23. The summed E-state index contributed by atoms with van der Waals surface area (Å²) in [5.41, 5.74) is 1.78. The van der Waals surface area contributed by atoms with Crippen LogP contribution in [0.15, 0.2) is 60.7 Å². The van der Waals surface area contributed by atoms with Gasteiger partial charge in [-0.3, -0.25) is 14.5 Å². The van der Waals surface area contributed by atoms with E-state index in [4.69, 9.17) is 9.47 Å². The van der Waals surface area contributed by atoms with Gasteiger partial charge in [0.25, 0.3) is 0 Å². The molecule has 0 saturated carbocycles. The Labute approximate surface area is 227 Å². The molecule has 3 rings (SSSR count). The molecule has 2 unspecified atom stereocenters. The molecule has 2 aromatic rings. The average molecular weight is 542 g/mol. The number of thioether (sulfide) groups is 1. The number of ether oxygens (including phenoxy) is 2. The van der Waals surface area contributed by atoms with E-state index >= 15 is 0 Å². The number of rotatable bonds is 14. The predicted octanol–water partition coefficient (Wildman–Crippen LogP) is 1.59. The Hall–Kier alpha value is -3.37. The van der Waals surface area contributed by atoms with E-state index in [1.165, 1.54) is 14.2 Å². The van der Waals surface area contributed by atoms with E-state index in [0.717, 1.165) is 11.1 Å². The SMILES string of the molecule is COC(=O)[C@H](Cc1ccccc1)NC(=O)C1CN1[C@@H](CCSC)C(=O)N[C@@H](Cc1ccccc1)C(=O)OC. The lowest BCUT2D eigenvalue weighted by Crippen LogP contribution is -2.50. The van der Waals surface area contributed by atoms with Gasteiger partial charge >= 0.3 is 11.9 Å². The third-order valence-corrected chi connectivity index (χ3v) is 7.07. The van der Waals surface area contributed by atoms with E-state index in [0.29, 0.717) is 31.6 Å². The van der Waals surface area contributed by atoms with Crippen LogP contribution in [0.2, 0.25) is 0 Å². The Morgan fingerprint density at radius 1 is 0.868 bits per heavy atom. The molecule has 2 N–H and O–H groups in total. The summed E-state index contributed by atoms with van der Waals surface area (Å²) in [5, 5.41) is 5.63. The van der Waals surface area contributed by atoms with Gasteiger partial charge in [0, 0.05) is 19.4 Å². The maximum atomic E-state index is 13.4. The molecule has 204 valence electrons. The first-order valence-corrected chi connectivity index (χ1v) is 13.9. The molecule has 10 heteroatoms. The Bertz CT molecular complexity index is 1080. The first-order chi connectivity index (χ1) is 18.4. The topological polar surface area (TPSA) is 114 Å². The summed E-state index contributed by atoms with van der Waals surface area (Å²) in [6, 6.07) is 15.9. The second kappa shape index (κ2) is 14.5. The van der Waals surface area contributed by atoms with Crippen molar-refractivity contribution in [1.82, 2.24) is 15.5 Å².